The first-order chi connectivity index (χ1) is 10.9. The van der Waals surface area contributed by atoms with E-state index < -0.39 is 5.82 Å². The van der Waals surface area contributed by atoms with Gasteiger partial charge in [-0.1, -0.05) is 11.6 Å². The van der Waals surface area contributed by atoms with Crippen molar-refractivity contribution in [1.82, 2.24) is 9.80 Å². The molecule has 0 aliphatic carbocycles. The van der Waals surface area contributed by atoms with Gasteiger partial charge in [0.25, 0.3) is 0 Å². The first kappa shape index (κ1) is 17.5. The maximum atomic E-state index is 13.4. The number of nitrogens with zero attached hydrogens (tertiary/aromatic N) is 2. The second-order valence-electron chi connectivity index (χ2n) is 5.70. The Kier molecular flexibility index (Phi) is 5.82. The number of hydrogen-bond donors (Lipinski definition) is 1. The molecule has 1 fully saturated rings. The van der Waals surface area contributed by atoms with Gasteiger partial charge in [0.15, 0.2) is 0 Å². The minimum Gasteiger partial charge on any atom is -0.328 e. The number of likely N-dealkylation sites (tertiary alicyclic amines) is 1. The van der Waals surface area contributed by atoms with E-state index in [0.717, 1.165) is 6.42 Å². The lowest BCUT2D eigenvalue weighted by atomic mass is 9.97. The van der Waals surface area contributed by atoms with Gasteiger partial charge in [-0.05, 0) is 38.0 Å². The Morgan fingerprint density at radius 2 is 2.22 bits per heavy atom. The number of anilines is 1. The van der Waals surface area contributed by atoms with E-state index in [1.807, 2.05) is 6.92 Å². The van der Waals surface area contributed by atoms with E-state index in [9.17, 15) is 14.0 Å². The van der Waals surface area contributed by atoms with Crippen LogP contribution < -0.4 is 5.32 Å². The summed E-state index contributed by atoms with van der Waals surface area (Å²) in [5.74, 6) is -1.07. The Morgan fingerprint density at radius 3 is 2.87 bits per heavy atom. The van der Waals surface area contributed by atoms with Crippen molar-refractivity contribution in [2.24, 2.45) is 5.92 Å². The number of benzene rings is 1. The smallest absolute Gasteiger partial charge is 0.319 e. The summed E-state index contributed by atoms with van der Waals surface area (Å²) in [4.78, 5) is 27.9. The van der Waals surface area contributed by atoms with Gasteiger partial charge >= 0.3 is 6.03 Å². The second kappa shape index (κ2) is 7.64. The average Bonchev–Trinajstić information content (AvgIpc) is 2.56. The molecule has 1 saturated heterocycles. The highest BCUT2D eigenvalue weighted by molar-refractivity contribution is 6.30. The monoisotopic (exact) mass is 341 g/mol. The van der Waals surface area contributed by atoms with Crippen molar-refractivity contribution in [3.63, 3.8) is 0 Å². The molecule has 2 rings (SSSR count). The van der Waals surface area contributed by atoms with E-state index in [-0.39, 0.29) is 22.9 Å². The maximum Gasteiger partial charge on any atom is 0.319 e. The van der Waals surface area contributed by atoms with Crippen LogP contribution >= 0.6 is 11.6 Å². The molecule has 0 saturated carbocycles. The molecule has 1 heterocycles. The van der Waals surface area contributed by atoms with Crippen molar-refractivity contribution in [1.29, 1.82) is 0 Å². The lowest BCUT2D eigenvalue weighted by Gasteiger charge is -2.34. The quantitative estimate of drug-likeness (QED) is 0.917. The number of piperidine rings is 1. The van der Waals surface area contributed by atoms with Crippen LogP contribution in [-0.4, -0.2) is 48.4 Å². The third-order valence-corrected chi connectivity index (χ3v) is 4.36. The molecule has 5 nitrogen and oxygen atoms in total. The fourth-order valence-electron chi connectivity index (χ4n) is 2.56. The molecule has 1 aliphatic heterocycles. The number of urea groups is 1. The summed E-state index contributed by atoms with van der Waals surface area (Å²) >= 11 is 5.63. The summed E-state index contributed by atoms with van der Waals surface area (Å²) in [6.07, 6.45) is 1.48. The molecule has 7 heteroatoms. The highest BCUT2D eigenvalue weighted by atomic mass is 35.5. The van der Waals surface area contributed by atoms with E-state index in [1.165, 1.54) is 12.1 Å². The van der Waals surface area contributed by atoms with Crippen LogP contribution in [0.1, 0.15) is 19.8 Å². The third-order valence-electron chi connectivity index (χ3n) is 4.05. The normalized spacial score (nSPS) is 17.7. The van der Waals surface area contributed by atoms with Crippen LogP contribution in [0.15, 0.2) is 18.2 Å². The number of amides is 3. The molecule has 1 aliphatic rings. The van der Waals surface area contributed by atoms with Crippen molar-refractivity contribution in [3.8, 4) is 0 Å². The maximum absolute atomic E-state index is 13.4. The van der Waals surface area contributed by atoms with Crippen LogP contribution in [0.25, 0.3) is 0 Å². The number of rotatable bonds is 3. The molecule has 0 radical (unpaired) electrons. The fraction of sp³-hybridized carbons (Fsp3) is 0.500. The second-order valence-corrected chi connectivity index (χ2v) is 6.11. The molecule has 1 aromatic rings. The minimum atomic E-state index is -0.575. The van der Waals surface area contributed by atoms with Crippen LogP contribution in [0.3, 0.4) is 0 Å². The van der Waals surface area contributed by atoms with Gasteiger partial charge in [-0.15, -0.1) is 0 Å². The zero-order valence-corrected chi connectivity index (χ0v) is 14.1. The average molecular weight is 342 g/mol. The van der Waals surface area contributed by atoms with Crippen LogP contribution in [0.4, 0.5) is 14.9 Å². The predicted octanol–water partition coefficient (Wildman–Crippen LogP) is 3.20. The summed E-state index contributed by atoms with van der Waals surface area (Å²) in [6, 6.07) is 4.08. The van der Waals surface area contributed by atoms with Gasteiger partial charge in [0.05, 0.1) is 10.9 Å². The van der Waals surface area contributed by atoms with E-state index in [1.54, 1.807) is 22.9 Å². The van der Waals surface area contributed by atoms with E-state index >= 15 is 0 Å². The van der Waals surface area contributed by atoms with Crippen LogP contribution in [0.5, 0.6) is 0 Å². The summed E-state index contributed by atoms with van der Waals surface area (Å²) < 4.78 is 13.4. The Bertz CT molecular complexity index is 597. The largest absolute Gasteiger partial charge is 0.328 e. The van der Waals surface area contributed by atoms with Gasteiger partial charge in [-0.3, -0.25) is 4.79 Å². The summed E-state index contributed by atoms with van der Waals surface area (Å²) in [7, 11) is 1.74. The SMILES string of the molecule is CCN(C)C(=O)N1CCC[C@H](C(=O)Nc2ccc(Cl)c(F)c2)C1. The molecule has 23 heavy (non-hydrogen) atoms. The lowest BCUT2D eigenvalue weighted by Crippen LogP contribution is -2.48. The third kappa shape index (κ3) is 4.34. The Balaban J connectivity index is 1.99. The summed E-state index contributed by atoms with van der Waals surface area (Å²) in [5, 5.41) is 2.71. The molecule has 3 amide bonds. The van der Waals surface area contributed by atoms with Gasteiger partial charge in [0, 0.05) is 32.4 Å². The van der Waals surface area contributed by atoms with Crippen LogP contribution in [0.2, 0.25) is 5.02 Å². The number of carbonyl (C=O) groups excluding carboxylic acids is 2. The molecule has 1 atom stereocenters. The molecule has 126 valence electrons. The topological polar surface area (TPSA) is 52.7 Å². The van der Waals surface area contributed by atoms with Gasteiger partial charge in [0.2, 0.25) is 5.91 Å². The fourth-order valence-corrected chi connectivity index (χ4v) is 2.68. The van der Waals surface area contributed by atoms with E-state index in [4.69, 9.17) is 11.6 Å². The van der Waals surface area contributed by atoms with Crippen LogP contribution in [0, 0.1) is 11.7 Å². The zero-order chi connectivity index (χ0) is 17.0. The highest BCUT2D eigenvalue weighted by Gasteiger charge is 2.29. The molecule has 1 N–H and O–H groups in total. The number of nitrogens with one attached hydrogen (secondary N) is 1. The number of hydrogen-bond acceptors (Lipinski definition) is 2. The predicted molar refractivity (Wildman–Crippen MR) is 88.0 cm³/mol. The van der Waals surface area contributed by atoms with Gasteiger partial charge < -0.3 is 15.1 Å². The molecular weight excluding hydrogens is 321 g/mol. The highest BCUT2D eigenvalue weighted by Crippen LogP contribution is 2.22. The van der Waals surface area contributed by atoms with Gasteiger partial charge in [-0.2, -0.15) is 0 Å². The molecule has 0 unspecified atom stereocenters. The van der Waals surface area contributed by atoms with Crippen molar-refractivity contribution in [2.45, 2.75) is 19.8 Å². The Labute approximate surface area is 140 Å². The zero-order valence-electron chi connectivity index (χ0n) is 13.3. The number of halogens is 2. The summed E-state index contributed by atoms with van der Waals surface area (Å²) in [6.45, 7) is 3.56. The minimum absolute atomic E-state index is 0.0139. The first-order valence-electron chi connectivity index (χ1n) is 7.68. The van der Waals surface area contributed by atoms with E-state index in [2.05, 4.69) is 5.32 Å². The summed E-state index contributed by atoms with van der Waals surface area (Å²) in [5.41, 5.74) is 0.367. The Hall–Kier alpha value is -1.82. The van der Waals surface area contributed by atoms with Crippen molar-refractivity contribution < 1.29 is 14.0 Å². The number of carbonyl (C=O) groups is 2. The van der Waals surface area contributed by atoms with Crippen LogP contribution in [-0.2, 0) is 4.79 Å². The van der Waals surface area contributed by atoms with E-state index in [0.29, 0.717) is 31.7 Å². The Morgan fingerprint density at radius 1 is 1.48 bits per heavy atom. The standard InChI is InChI=1S/C16H21ClFN3O2/c1-3-20(2)16(23)21-8-4-5-11(10-21)15(22)19-12-6-7-13(17)14(18)9-12/h6-7,9,11H,3-5,8,10H2,1-2H3,(H,19,22)/t11-/m0/s1. The van der Waals surface area contributed by atoms with Gasteiger partial charge in [-0.25, -0.2) is 9.18 Å². The van der Waals surface area contributed by atoms with Crippen molar-refractivity contribution >= 4 is 29.2 Å². The van der Waals surface area contributed by atoms with Crippen molar-refractivity contribution in [3.05, 3.63) is 29.0 Å². The molecular formula is C16H21ClFN3O2. The molecule has 0 bridgehead atoms. The molecule has 1 aromatic carbocycles. The molecule has 0 spiro atoms. The van der Waals surface area contributed by atoms with Gasteiger partial charge in [0.1, 0.15) is 5.82 Å². The molecule has 0 aromatic heterocycles. The van der Waals surface area contributed by atoms with Crippen molar-refractivity contribution in [2.75, 3.05) is 32.0 Å². The lowest BCUT2D eigenvalue weighted by molar-refractivity contribution is -0.121. The first-order valence-corrected chi connectivity index (χ1v) is 8.06.